The van der Waals surface area contributed by atoms with Crippen LogP contribution in [0.4, 0.5) is 0 Å². The number of H-pyrrole nitrogens is 1. The first-order valence-electron chi connectivity index (χ1n) is 4.86. The average Bonchev–Trinajstić information content (AvgIpc) is 2.68. The summed E-state index contributed by atoms with van der Waals surface area (Å²) in [6.45, 7) is 0. The van der Waals surface area contributed by atoms with Crippen LogP contribution in [-0.4, -0.2) is 35.8 Å². The number of aromatic carboxylic acids is 1. The van der Waals surface area contributed by atoms with E-state index in [1.165, 1.54) is 28.9 Å². The monoisotopic (exact) mass is 267 g/mol. The molecule has 0 bridgehead atoms. The van der Waals surface area contributed by atoms with Gasteiger partial charge in [-0.1, -0.05) is 11.8 Å². The second-order valence-corrected chi connectivity index (χ2v) is 4.29. The first kappa shape index (κ1) is 12.3. The average molecular weight is 267 g/mol. The van der Waals surface area contributed by atoms with Crippen LogP contribution in [0.5, 0.6) is 0 Å². The molecule has 2 aromatic rings. The zero-order valence-corrected chi connectivity index (χ0v) is 10.1. The molecule has 94 valence electrons. The van der Waals surface area contributed by atoms with E-state index in [0.29, 0.717) is 16.6 Å². The molecule has 0 aliphatic rings. The van der Waals surface area contributed by atoms with Gasteiger partial charge in [-0.15, -0.1) is 5.10 Å². The molecule has 2 heterocycles. The predicted molar refractivity (Wildman–Crippen MR) is 62.4 cm³/mol. The van der Waals surface area contributed by atoms with Gasteiger partial charge in [-0.3, -0.25) is 4.57 Å². The van der Waals surface area contributed by atoms with Crippen LogP contribution in [0.1, 0.15) is 16.1 Å². The van der Waals surface area contributed by atoms with Gasteiger partial charge in [0.1, 0.15) is 11.9 Å². The molecule has 0 spiro atoms. The molecule has 0 atom stereocenters. The Bertz CT molecular complexity index is 635. The number of carboxylic acid groups (broad SMARTS) is 1. The van der Waals surface area contributed by atoms with Crippen LogP contribution in [0.25, 0.3) is 0 Å². The van der Waals surface area contributed by atoms with Crippen LogP contribution < -0.4 is 5.69 Å². The highest BCUT2D eigenvalue weighted by Gasteiger charge is 2.13. The molecule has 2 aromatic heterocycles. The Morgan fingerprint density at radius 2 is 2.39 bits per heavy atom. The van der Waals surface area contributed by atoms with Crippen molar-refractivity contribution in [2.75, 3.05) is 0 Å². The Kier molecular flexibility index (Phi) is 3.42. The number of nitrogens with one attached hydrogen (secondary N) is 1. The Balaban J connectivity index is 2.18. The lowest BCUT2D eigenvalue weighted by atomic mass is 10.2. The maximum Gasteiger partial charge on any atom is 0.343 e. The van der Waals surface area contributed by atoms with Gasteiger partial charge in [0, 0.05) is 19.0 Å². The van der Waals surface area contributed by atoms with Crippen molar-refractivity contribution >= 4 is 17.7 Å². The first-order chi connectivity index (χ1) is 8.59. The zero-order valence-electron chi connectivity index (χ0n) is 9.32. The fourth-order valence-electron chi connectivity index (χ4n) is 1.24. The lowest BCUT2D eigenvalue weighted by Gasteiger charge is -2.03. The van der Waals surface area contributed by atoms with Crippen molar-refractivity contribution in [2.45, 2.75) is 10.9 Å². The summed E-state index contributed by atoms with van der Waals surface area (Å²) in [6, 6.07) is 0. The van der Waals surface area contributed by atoms with Crippen LogP contribution in [0.2, 0.25) is 0 Å². The molecule has 0 fully saturated rings. The summed E-state index contributed by atoms with van der Waals surface area (Å²) >= 11 is 1.22. The van der Waals surface area contributed by atoms with Crippen molar-refractivity contribution in [1.29, 1.82) is 0 Å². The Morgan fingerprint density at radius 3 is 3.00 bits per heavy atom. The minimum Gasteiger partial charge on any atom is -0.478 e. The molecule has 0 amide bonds. The largest absolute Gasteiger partial charge is 0.478 e. The minimum atomic E-state index is -1.08. The SMILES string of the molecule is Cn1c(SCc2ncncc2C(=O)O)n[nH]c1=O. The number of hydrogen-bond donors (Lipinski definition) is 2. The quantitative estimate of drug-likeness (QED) is 0.743. The number of thioether (sulfide) groups is 1. The fraction of sp³-hybridized carbons (Fsp3) is 0.222. The minimum absolute atomic E-state index is 0.0468. The van der Waals surface area contributed by atoms with Crippen LogP contribution in [-0.2, 0) is 12.8 Å². The van der Waals surface area contributed by atoms with Crippen LogP contribution in [0.3, 0.4) is 0 Å². The number of nitrogens with zero attached hydrogens (tertiary/aromatic N) is 4. The second-order valence-electron chi connectivity index (χ2n) is 3.35. The van der Waals surface area contributed by atoms with Crippen molar-refractivity contribution in [2.24, 2.45) is 7.05 Å². The molecule has 0 aliphatic heterocycles. The number of carbonyl (C=O) groups is 1. The van der Waals surface area contributed by atoms with E-state index in [2.05, 4.69) is 20.2 Å². The Morgan fingerprint density at radius 1 is 1.61 bits per heavy atom. The summed E-state index contributed by atoms with van der Waals surface area (Å²) in [5.41, 5.74) is 0.113. The maximum atomic E-state index is 11.1. The van der Waals surface area contributed by atoms with Gasteiger partial charge in [0.05, 0.1) is 5.69 Å². The molecule has 0 aliphatic carbocycles. The van der Waals surface area contributed by atoms with Crippen molar-refractivity contribution in [3.63, 3.8) is 0 Å². The van der Waals surface area contributed by atoms with Gasteiger partial charge >= 0.3 is 11.7 Å². The van der Waals surface area contributed by atoms with E-state index in [4.69, 9.17) is 5.11 Å². The van der Waals surface area contributed by atoms with Crippen molar-refractivity contribution in [1.82, 2.24) is 24.7 Å². The van der Waals surface area contributed by atoms with Gasteiger partial charge in [-0.2, -0.15) is 0 Å². The molecule has 0 radical (unpaired) electrons. The number of carboxylic acids is 1. The third kappa shape index (κ3) is 2.40. The maximum absolute atomic E-state index is 11.1. The summed E-state index contributed by atoms with van der Waals surface area (Å²) in [5, 5.41) is 15.5. The number of aromatic nitrogens is 5. The standard InChI is InChI=1S/C9H9N5O3S/c1-14-8(17)12-13-9(14)18-3-6-5(7(15)16)2-10-4-11-6/h2,4H,3H2,1H3,(H,12,17)(H,15,16). The van der Waals surface area contributed by atoms with E-state index in [1.54, 1.807) is 7.05 Å². The molecule has 0 aromatic carbocycles. The van der Waals surface area contributed by atoms with Gasteiger partial charge in [-0.25, -0.2) is 24.7 Å². The van der Waals surface area contributed by atoms with Crippen molar-refractivity contribution < 1.29 is 9.90 Å². The first-order valence-corrected chi connectivity index (χ1v) is 5.84. The smallest absolute Gasteiger partial charge is 0.343 e. The molecular formula is C9H9N5O3S. The van der Waals surface area contributed by atoms with E-state index in [1.807, 2.05) is 0 Å². The van der Waals surface area contributed by atoms with Gasteiger partial charge in [0.25, 0.3) is 0 Å². The second kappa shape index (κ2) is 5.00. The van der Waals surface area contributed by atoms with E-state index < -0.39 is 5.97 Å². The molecule has 2 rings (SSSR count). The zero-order chi connectivity index (χ0) is 13.1. The van der Waals surface area contributed by atoms with Crippen LogP contribution >= 0.6 is 11.8 Å². The van der Waals surface area contributed by atoms with Gasteiger partial charge < -0.3 is 5.11 Å². The van der Waals surface area contributed by atoms with E-state index in [-0.39, 0.29) is 11.3 Å². The van der Waals surface area contributed by atoms with Gasteiger partial charge in [0.15, 0.2) is 5.16 Å². The fourth-order valence-corrected chi connectivity index (χ4v) is 2.13. The number of aromatic amines is 1. The summed E-state index contributed by atoms with van der Waals surface area (Å²) in [4.78, 5) is 29.7. The third-order valence-electron chi connectivity index (χ3n) is 2.20. The lowest BCUT2D eigenvalue weighted by molar-refractivity contribution is 0.0695. The third-order valence-corrected chi connectivity index (χ3v) is 3.24. The topological polar surface area (TPSA) is 114 Å². The van der Waals surface area contributed by atoms with E-state index in [9.17, 15) is 9.59 Å². The highest BCUT2D eigenvalue weighted by atomic mass is 32.2. The van der Waals surface area contributed by atoms with Crippen molar-refractivity contribution in [3.8, 4) is 0 Å². The summed E-state index contributed by atoms with van der Waals surface area (Å²) < 4.78 is 1.34. The molecule has 18 heavy (non-hydrogen) atoms. The Hall–Kier alpha value is -2.16. The number of hydrogen-bond acceptors (Lipinski definition) is 6. The number of rotatable bonds is 4. The molecule has 9 heteroatoms. The molecule has 0 saturated heterocycles. The Labute approximate surface area is 105 Å². The molecule has 8 nitrogen and oxygen atoms in total. The summed E-state index contributed by atoms with van der Waals surface area (Å²) in [6.07, 6.45) is 2.53. The van der Waals surface area contributed by atoms with E-state index in [0.717, 1.165) is 0 Å². The molecule has 0 unspecified atom stereocenters. The normalized spacial score (nSPS) is 10.5. The molecule has 2 N–H and O–H groups in total. The predicted octanol–water partition coefficient (Wildman–Crippen LogP) is -0.111. The van der Waals surface area contributed by atoms with Crippen molar-refractivity contribution in [3.05, 3.63) is 34.3 Å². The van der Waals surface area contributed by atoms with Crippen LogP contribution in [0.15, 0.2) is 22.5 Å². The highest BCUT2D eigenvalue weighted by molar-refractivity contribution is 7.98. The van der Waals surface area contributed by atoms with Gasteiger partial charge in [-0.05, 0) is 0 Å². The molecular weight excluding hydrogens is 258 g/mol. The van der Waals surface area contributed by atoms with E-state index >= 15 is 0 Å². The van der Waals surface area contributed by atoms with Gasteiger partial charge in [0.2, 0.25) is 0 Å². The lowest BCUT2D eigenvalue weighted by Crippen LogP contribution is -2.13. The summed E-state index contributed by atoms with van der Waals surface area (Å²) in [5.74, 6) is -0.787. The summed E-state index contributed by atoms with van der Waals surface area (Å²) in [7, 11) is 1.58. The van der Waals surface area contributed by atoms with Crippen LogP contribution in [0, 0.1) is 0 Å². The molecule has 0 saturated carbocycles. The highest BCUT2D eigenvalue weighted by Crippen LogP contribution is 2.19.